The Labute approximate surface area is 236 Å². The standard InChI is InChI=1S/C28H28N4O6S2/c1-19-11-12-24(36-2)23(17-19)29-26(33)25(20-7-4-3-5-8-20)39-28-31-30-27(38-28)21-9-6-10-22(18-21)40(34,35)32-13-15-37-16-14-32/h3-12,17-18,25H,13-16H2,1-2H3,(H,29,33). The van der Waals surface area contributed by atoms with Gasteiger partial charge in [-0.1, -0.05) is 42.5 Å². The number of carbonyl (C=O) groups is 1. The number of benzene rings is 3. The van der Waals surface area contributed by atoms with Gasteiger partial charge in [-0.2, -0.15) is 4.31 Å². The van der Waals surface area contributed by atoms with E-state index in [0.717, 1.165) is 22.9 Å². The molecule has 3 aromatic carbocycles. The van der Waals surface area contributed by atoms with Crippen molar-refractivity contribution in [1.29, 1.82) is 0 Å². The van der Waals surface area contributed by atoms with Gasteiger partial charge in [0.2, 0.25) is 21.8 Å². The first kappa shape index (κ1) is 27.8. The first-order valence-corrected chi connectivity index (χ1v) is 14.9. The summed E-state index contributed by atoms with van der Waals surface area (Å²) in [6.07, 6.45) is 0. The van der Waals surface area contributed by atoms with Gasteiger partial charge in [0.1, 0.15) is 11.0 Å². The second kappa shape index (κ2) is 12.2. The predicted molar refractivity (Wildman–Crippen MR) is 151 cm³/mol. The number of sulfonamides is 1. The summed E-state index contributed by atoms with van der Waals surface area (Å²) in [5.41, 5.74) is 2.73. The minimum atomic E-state index is -3.70. The number of ether oxygens (including phenoxy) is 2. The molecule has 0 bridgehead atoms. The van der Waals surface area contributed by atoms with Crippen molar-refractivity contribution in [2.75, 3.05) is 38.7 Å². The number of aryl methyl sites for hydroxylation is 1. The highest BCUT2D eigenvalue weighted by atomic mass is 32.2. The van der Waals surface area contributed by atoms with Crippen molar-refractivity contribution in [3.8, 4) is 17.2 Å². The van der Waals surface area contributed by atoms with E-state index in [1.54, 1.807) is 25.3 Å². The Morgan fingerprint density at radius 2 is 1.80 bits per heavy atom. The average Bonchev–Trinajstić information content (AvgIpc) is 3.46. The van der Waals surface area contributed by atoms with Gasteiger partial charge in [0, 0.05) is 18.7 Å². The lowest BCUT2D eigenvalue weighted by atomic mass is 10.1. The summed E-state index contributed by atoms with van der Waals surface area (Å²) in [5.74, 6) is 0.398. The molecule has 0 aliphatic carbocycles. The second-order valence-electron chi connectivity index (χ2n) is 9.02. The largest absolute Gasteiger partial charge is 0.495 e. The Balaban J connectivity index is 1.39. The maximum Gasteiger partial charge on any atom is 0.277 e. The van der Waals surface area contributed by atoms with Crippen LogP contribution in [0.1, 0.15) is 16.4 Å². The van der Waals surface area contributed by atoms with Gasteiger partial charge in [-0.3, -0.25) is 4.79 Å². The van der Waals surface area contributed by atoms with Crippen LogP contribution in [0.25, 0.3) is 11.5 Å². The van der Waals surface area contributed by atoms with Gasteiger partial charge < -0.3 is 19.2 Å². The van der Waals surface area contributed by atoms with Crippen LogP contribution in [0.2, 0.25) is 0 Å². The van der Waals surface area contributed by atoms with Gasteiger partial charge in [0.05, 0.1) is 30.9 Å². The fourth-order valence-electron chi connectivity index (χ4n) is 4.22. The summed E-state index contributed by atoms with van der Waals surface area (Å²) in [6.45, 7) is 3.24. The van der Waals surface area contributed by atoms with Crippen molar-refractivity contribution in [1.82, 2.24) is 14.5 Å². The molecule has 5 rings (SSSR count). The van der Waals surface area contributed by atoms with Crippen molar-refractivity contribution < 1.29 is 27.1 Å². The Morgan fingerprint density at radius 3 is 2.55 bits per heavy atom. The van der Waals surface area contributed by atoms with E-state index in [9.17, 15) is 13.2 Å². The van der Waals surface area contributed by atoms with Gasteiger partial charge >= 0.3 is 0 Å². The number of aromatic nitrogens is 2. The summed E-state index contributed by atoms with van der Waals surface area (Å²) >= 11 is 1.10. The Hall–Kier alpha value is -3.71. The fraction of sp³-hybridized carbons (Fsp3) is 0.250. The number of thioether (sulfide) groups is 1. The molecule has 12 heteroatoms. The van der Waals surface area contributed by atoms with E-state index in [1.165, 1.54) is 16.4 Å². The molecule has 1 atom stereocenters. The molecule has 1 saturated heterocycles. The highest BCUT2D eigenvalue weighted by Gasteiger charge is 2.28. The number of morpholine rings is 1. The van der Waals surface area contributed by atoms with Crippen molar-refractivity contribution in [2.24, 2.45) is 0 Å². The van der Waals surface area contributed by atoms with Crippen LogP contribution in [0.3, 0.4) is 0 Å². The molecule has 0 radical (unpaired) electrons. The molecule has 1 aliphatic heterocycles. The van der Waals surface area contributed by atoms with E-state index < -0.39 is 15.3 Å². The molecule has 10 nitrogen and oxygen atoms in total. The highest BCUT2D eigenvalue weighted by Crippen LogP contribution is 2.38. The molecule has 1 unspecified atom stereocenters. The van der Waals surface area contributed by atoms with Gasteiger partial charge in [-0.05, 0) is 60.1 Å². The smallest absolute Gasteiger partial charge is 0.277 e. The Morgan fingerprint density at radius 1 is 1.02 bits per heavy atom. The monoisotopic (exact) mass is 580 g/mol. The minimum Gasteiger partial charge on any atom is -0.495 e. The highest BCUT2D eigenvalue weighted by molar-refractivity contribution is 8.00. The summed E-state index contributed by atoms with van der Waals surface area (Å²) in [6, 6.07) is 21.2. The van der Waals surface area contributed by atoms with Gasteiger partial charge in [0.25, 0.3) is 5.22 Å². The van der Waals surface area contributed by atoms with Crippen LogP contribution in [0.4, 0.5) is 5.69 Å². The molecule has 4 aromatic rings. The lowest BCUT2D eigenvalue weighted by Crippen LogP contribution is -2.40. The zero-order valence-electron chi connectivity index (χ0n) is 21.9. The zero-order chi connectivity index (χ0) is 28.1. The van der Waals surface area contributed by atoms with Crippen LogP contribution in [0.15, 0.2) is 87.3 Å². The molecule has 1 N–H and O–H groups in total. The van der Waals surface area contributed by atoms with Gasteiger partial charge in [-0.25, -0.2) is 8.42 Å². The quantitative estimate of drug-likeness (QED) is 0.284. The third-order valence-electron chi connectivity index (χ3n) is 6.27. The van der Waals surface area contributed by atoms with E-state index in [4.69, 9.17) is 13.9 Å². The lowest BCUT2D eigenvalue weighted by molar-refractivity contribution is -0.115. The third kappa shape index (κ3) is 6.20. The van der Waals surface area contributed by atoms with Crippen molar-refractivity contribution >= 4 is 33.4 Å². The maximum atomic E-state index is 13.5. The number of hydrogen-bond acceptors (Lipinski definition) is 9. The Bertz CT molecular complexity index is 1590. The van der Waals surface area contributed by atoms with Crippen molar-refractivity contribution in [3.63, 3.8) is 0 Å². The molecule has 1 aromatic heterocycles. The van der Waals surface area contributed by atoms with Crippen LogP contribution in [-0.4, -0.2) is 62.2 Å². The van der Waals surface area contributed by atoms with Crippen LogP contribution in [0.5, 0.6) is 5.75 Å². The van der Waals surface area contributed by atoms with E-state index in [2.05, 4.69) is 15.5 Å². The molecule has 40 heavy (non-hydrogen) atoms. The van der Waals surface area contributed by atoms with Gasteiger partial charge in [0.15, 0.2) is 0 Å². The predicted octanol–water partition coefficient (Wildman–Crippen LogP) is 4.55. The fourth-order valence-corrected chi connectivity index (χ4v) is 6.55. The number of rotatable bonds is 9. The van der Waals surface area contributed by atoms with Crippen molar-refractivity contribution in [2.45, 2.75) is 22.3 Å². The van der Waals surface area contributed by atoms with E-state index in [-0.39, 0.29) is 21.9 Å². The normalized spacial score (nSPS) is 14.9. The number of anilines is 1. The number of carbonyl (C=O) groups excluding carboxylic acids is 1. The molecular weight excluding hydrogens is 552 g/mol. The first-order valence-electron chi connectivity index (χ1n) is 12.5. The second-order valence-corrected chi connectivity index (χ2v) is 12.0. The zero-order valence-corrected chi connectivity index (χ0v) is 23.6. The topological polar surface area (TPSA) is 124 Å². The first-order chi connectivity index (χ1) is 19.3. The average molecular weight is 581 g/mol. The molecule has 208 valence electrons. The number of amides is 1. The van der Waals surface area contributed by atoms with Crippen LogP contribution < -0.4 is 10.1 Å². The maximum absolute atomic E-state index is 13.5. The number of hydrogen-bond donors (Lipinski definition) is 1. The van der Waals surface area contributed by atoms with E-state index in [0.29, 0.717) is 43.3 Å². The molecule has 0 spiro atoms. The Kier molecular flexibility index (Phi) is 8.50. The number of methoxy groups -OCH3 is 1. The summed E-state index contributed by atoms with van der Waals surface area (Å²) in [5, 5.41) is 10.7. The van der Waals surface area contributed by atoms with Crippen LogP contribution in [-0.2, 0) is 19.6 Å². The van der Waals surface area contributed by atoms with Gasteiger partial charge in [-0.15, -0.1) is 10.2 Å². The molecule has 1 aliphatic rings. The van der Waals surface area contributed by atoms with Crippen LogP contribution >= 0.6 is 11.8 Å². The van der Waals surface area contributed by atoms with Crippen LogP contribution in [0, 0.1) is 6.92 Å². The van der Waals surface area contributed by atoms with Crippen molar-refractivity contribution in [3.05, 3.63) is 83.9 Å². The molecular formula is C28H28N4O6S2. The number of nitrogens with zero attached hydrogens (tertiary/aromatic N) is 3. The SMILES string of the molecule is COc1ccc(C)cc1NC(=O)C(Sc1nnc(-c2cccc(S(=O)(=O)N3CCOCC3)c2)o1)c1ccccc1. The molecule has 1 amide bonds. The third-order valence-corrected chi connectivity index (χ3v) is 9.25. The summed E-state index contributed by atoms with van der Waals surface area (Å²) in [7, 11) is -2.15. The summed E-state index contributed by atoms with van der Waals surface area (Å²) < 4.78 is 44.2. The molecule has 0 saturated carbocycles. The summed E-state index contributed by atoms with van der Waals surface area (Å²) in [4.78, 5) is 13.7. The van der Waals surface area contributed by atoms with E-state index >= 15 is 0 Å². The van der Waals surface area contributed by atoms with E-state index in [1.807, 2.05) is 49.4 Å². The minimum absolute atomic E-state index is 0.132. The molecule has 2 heterocycles. The lowest BCUT2D eigenvalue weighted by Gasteiger charge is -2.26. The number of nitrogens with one attached hydrogen (secondary N) is 1. The molecule has 1 fully saturated rings.